The summed E-state index contributed by atoms with van der Waals surface area (Å²) in [6.07, 6.45) is 10.4. The van der Waals surface area contributed by atoms with Crippen LogP contribution in [0.2, 0.25) is 0 Å². The minimum Gasteiger partial charge on any atom is -0.280 e. The lowest BCUT2D eigenvalue weighted by Crippen LogP contribution is -2.39. The van der Waals surface area contributed by atoms with Crippen LogP contribution in [0.15, 0.2) is 0 Å². The Morgan fingerprint density at radius 3 is 2.20 bits per heavy atom. The molecular weight excluding hydrogens is 122 g/mol. The second kappa shape index (κ2) is 3.30. The molecule has 0 amide bonds. The van der Waals surface area contributed by atoms with Gasteiger partial charge in [0.2, 0.25) is 0 Å². The SMILES string of the molecule is C#CCN(C)C(C)(C)C#C. The fourth-order valence-corrected chi connectivity index (χ4v) is 0.445. The van der Waals surface area contributed by atoms with Crippen molar-refractivity contribution in [3.63, 3.8) is 0 Å². The highest BCUT2D eigenvalue weighted by atomic mass is 15.1. The maximum absolute atomic E-state index is 5.28. The van der Waals surface area contributed by atoms with Crippen LogP contribution in [0, 0.1) is 24.7 Å². The van der Waals surface area contributed by atoms with Gasteiger partial charge >= 0.3 is 0 Å². The molecule has 0 unspecified atom stereocenters. The molecule has 10 heavy (non-hydrogen) atoms. The van der Waals surface area contributed by atoms with Crippen LogP contribution < -0.4 is 0 Å². The van der Waals surface area contributed by atoms with Crippen LogP contribution in [-0.4, -0.2) is 24.0 Å². The highest BCUT2D eigenvalue weighted by Gasteiger charge is 2.18. The zero-order valence-corrected chi connectivity index (χ0v) is 6.81. The second-order valence-electron chi connectivity index (χ2n) is 2.76. The molecule has 0 aliphatic carbocycles. The summed E-state index contributed by atoms with van der Waals surface area (Å²) in [6, 6.07) is 0. The molecule has 0 aliphatic rings. The summed E-state index contributed by atoms with van der Waals surface area (Å²) in [6.45, 7) is 4.52. The topological polar surface area (TPSA) is 3.24 Å². The van der Waals surface area contributed by atoms with Gasteiger partial charge in [0.1, 0.15) is 0 Å². The van der Waals surface area contributed by atoms with Crippen LogP contribution in [0.25, 0.3) is 0 Å². The van der Waals surface area contributed by atoms with E-state index in [1.165, 1.54) is 0 Å². The number of hydrogen-bond acceptors (Lipinski definition) is 1. The van der Waals surface area contributed by atoms with Gasteiger partial charge in [-0.2, -0.15) is 0 Å². The van der Waals surface area contributed by atoms with Gasteiger partial charge in [0.25, 0.3) is 0 Å². The second-order valence-corrected chi connectivity index (χ2v) is 2.76. The first kappa shape index (κ1) is 9.08. The van der Waals surface area contributed by atoms with E-state index in [0.717, 1.165) is 0 Å². The third kappa shape index (κ3) is 2.13. The van der Waals surface area contributed by atoms with Crippen molar-refractivity contribution in [1.82, 2.24) is 4.90 Å². The van der Waals surface area contributed by atoms with Gasteiger partial charge in [-0.25, -0.2) is 0 Å². The lowest BCUT2D eigenvalue weighted by molar-refractivity contribution is 0.241. The van der Waals surface area contributed by atoms with Gasteiger partial charge in [-0.05, 0) is 20.9 Å². The van der Waals surface area contributed by atoms with Gasteiger partial charge in [0.05, 0.1) is 12.1 Å². The third-order valence-electron chi connectivity index (χ3n) is 1.64. The van der Waals surface area contributed by atoms with Crippen molar-refractivity contribution in [1.29, 1.82) is 0 Å². The number of hydrogen-bond donors (Lipinski definition) is 0. The smallest absolute Gasteiger partial charge is 0.0771 e. The minimum absolute atomic E-state index is 0.230. The van der Waals surface area contributed by atoms with E-state index >= 15 is 0 Å². The number of terminal acetylenes is 2. The molecule has 1 nitrogen and oxygen atoms in total. The maximum atomic E-state index is 5.28. The Hall–Kier alpha value is -0.920. The van der Waals surface area contributed by atoms with Crippen LogP contribution in [0.3, 0.4) is 0 Å². The van der Waals surface area contributed by atoms with Gasteiger partial charge < -0.3 is 0 Å². The fourth-order valence-electron chi connectivity index (χ4n) is 0.445. The molecule has 0 radical (unpaired) electrons. The Morgan fingerprint density at radius 1 is 1.40 bits per heavy atom. The molecule has 0 fully saturated rings. The average Bonchev–Trinajstić information content (AvgIpc) is 1.89. The first-order valence-electron chi connectivity index (χ1n) is 3.17. The zero-order chi connectivity index (χ0) is 8.20. The molecule has 0 bridgehead atoms. The Bertz CT molecular complexity index is 178. The first-order chi connectivity index (χ1) is 4.54. The fraction of sp³-hybridized carbons (Fsp3) is 0.556. The molecule has 0 aromatic heterocycles. The molecule has 0 atom stereocenters. The molecule has 0 heterocycles. The standard InChI is InChI=1S/C9H13N/c1-6-8-10(5)9(3,4)7-2/h1-2H,8H2,3-5H3. The summed E-state index contributed by atoms with van der Waals surface area (Å²) < 4.78 is 0. The summed E-state index contributed by atoms with van der Waals surface area (Å²) in [7, 11) is 1.92. The summed E-state index contributed by atoms with van der Waals surface area (Å²) in [5.74, 6) is 5.19. The monoisotopic (exact) mass is 135 g/mol. The molecule has 0 aromatic carbocycles. The van der Waals surface area contributed by atoms with E-state index in [2.05, 4.69) is 11.8 Å². The van der Waals surface area contributed by atoms with E-state index in [1.54, 1.807) is 0 Å². The van der Waals surface area contributed by atoms with Crippen molar-refractivity contribution in [2.24, 2.45) is 0 Å². The van der Waals surface area contributed by atoms with E-state index in [-0.39, 0.29) is 5.54 Å². The molecule has 0 N–H and O–H groups in total. The quantitative estimate of drug-likeness (QED) is 0.510. The van der Waals surface area contributed by atoms with Crippen molar-refractivity contribution in [3.8, 4) is 24.7 Å². The van der Waals surface area contributed by atoms with E-state index in [1.807, 2.05) is 25.8 Å². The Morgan fingerprint density at radius 2 is 1.90 bits per heavy atom. The summed E-state index contributed by atoms with van der Waals surface area (Å²) >= 11 is 0. The summed E-state index contributed by atoms with van der Waals surface area (Å²) in [5.41, 5.74) is -0.230. The van der Waals surface area contributed by atoms with E-state index < -0.39 is 0 Å². The summed E-state index contributed by atoms with van der Waals surface area (Å²) in [4.78, 5) is 1.95. The van der Waals surface area contributed by atoms with E-state index in [4.69, 9.17) is 12.8 Å². The van der Waals surface area contributed by atoms with Crippen molar-refractivity contribution in [2.45, 2.75) is 19.4 Å². The molecule has 1 heteroatoms. The van der Waals surface area contributed by atoms with Gasteiger partial charge in [0, 0.05) is 0 Å². The van der Waals surface area contributed by atoms with Crippen molar-refractivity contribution in [2.75, 3.05) is 13.6 Å². The van der Waals surface area contributed by atoms with Crippen LogP contribution in [0.4, 0.5) is 0 Å². The average molecular weight is 135 g/mol. The lowest BCUT2D eigenvalue weighted by atomic mass is 10.1. The Labute approximate surface area is 63.4 Å². The molecule has 0 saturated carbocycles. The van der Waals surface area contributed by atoms with Crippen molar-refractivity contribution < 1.29 is 0 Å². The highest BCUT2D eigenvalue weighted by Crippen LogP contribution is 2.08. The van der Waals surface area contributed by atoms with Crippen LogP contribution >= 0.6 is 0 Å². The van der Waals surface area contributed by atoms with E-state index in [9.17, 15) is 0 Å². The minimum atomic E-state index is -0.230. The number of nitrogens with zero attached hydrogens (tertiary/aromatic N) is 1. The van der Waals surface area contributed by atoms with Gasteiger partial charge in [-0.15, -0.1) is 12.8 Å². The predicted octanol–water partition coefficient (Wildman–Crippen LogP) is 0.963. The number of rotatable bonds is 2. The largest absolute Gasteiger partial charge is 0.280 e. The molecule has 0 aromatic rings. The maximum Gasteiger partial charge on any atom is 0.0771 e. The van der Waals surface area contributed by atoms with Crippen molar-refractivity contribution in [3.05, 3.63) is 0 Å². The van der Waals surface area contributed by atoms with Crippen LogP contribution in [0.1, 0.15) is 13.8 Å². The molecule has 0 aliphatic heterocycles. The molecule has 54 valence electrons. The first-order valence-corrected chi connectivity index (χ1v) is 3.17. The lowest BCUT2D eigenvalue weighted by Gasteiger charge is -2.28. The van der Waals surface area contributed by atoms with Gasteiger partial charge in [-0.3, -0.25) is 4.90 Å². The molecular formula is C9H13N. The zero-order valence-electron chi connectivity index (χ0n) is 6.81. The van der Waals surface area contributed by atoms with E-state index in [0.29, 0.717) is 6.54 Å². The molecule has 0 rings (SSSR count). The van der Waals surface area contributed by atoms with Crippen LogP contribution in [0.5, 0.6) is 0 Å². The van der Waals surface area contributed by atoms with Gasteiger partial charge in [0.15, 0.2) is 0 Å². The Kier molecular flexibility index (Phi) is 3.00. The third-order valence-corrected chi connectivity index (χ3v) is 1.64. The van der Waals surface area contributed by atoms with Gasteiger partial charge in [-0.1, -0.05) is 11.8 Å². The Balaban J connectivity index is 4.10. The molecule has 0 saturated heterocycles. The van der Waals surface area contributed by atoms with Crippen molar-refractivity contribution >= 4 is 0 Å². The molecule has 0 spiro atoms. The predicted molar refractivity (Wildman–Crippen MR) is 44.4 cm³/mol. The highest BCUT2D eigenvalue weighted by molar-refractivity contribution is 5.09. The normalized spacial score (nSPS) is 10.6. The summed E-state index contributed by atoms with van der Waals surface area (Å²) in [5, 5.41) is 0. The van der Waals surface area contributed by atoms with Crippen LogP contribution in [-0.2, 0) is 0 Å².